The van der Waals surface area contributed by atoms with Crippen molar-refractivity contribution in [3.8, 4) is 0 Å². The summed E-state index contributed by atoms with van der Waals surface area (Å²) >= 11 is 5.92. The lowest BCUT2D eigenvalue weighted by Gasteiger charge is -2.31. The summed E-state index contributed by atoms with van der Waals surface area (Å²) in [5, 5.41) is 3.72. The van der Waals surface area contributed by atoms with Gasteiger partial charge < -0.3 is 15.0 Å². The number of hydrogen-bond donors (Lipinski definition) is 1. The number of carbonyl (C=O) groups excluding carboxylic acids is 2. The van der Waals surface area contributed by atoms with E-state index in [0.29, 0.717) is 31.0 Å². The highest BCUT2D eigenvalue weighted by atomic mass is 35.5. The fraction of sp³-hybridized carbons (Fsp3) is 0.500. The Morgan fingerprint density at radius 3 is 2.73 bits per heavy atom. The van der Waals surface area contributed by atoms with E-state index < -0.39 is 0 Å². The van der Waals surface area contributed by atoms with Crippen LogP contribution in [0.2, 0.25) is 5.02 Å². The highest BCUT2D eigenvalue weighted by molar-refractivity contribution is 6.30. The van der Waals surface area contributed by atoms with Crippen LogP contribution in [0.15, 0.2) is 24.3 Å². The van der Waals surface area contributed by atoms with Gasteiger partial charge in [0.05, 0.1) is 7.11 Å². The lowest BCUT2D eigenvalue weighted by atomic mass is 10.0. The number of nitrogens with one attached hydrogen (secondary N) is 1. The third-order valence-corrected chi connectivity index (χ3v) is 4.06. The van der Waals surface area contributed by atoms with Crippen LogP contribution in [0.1, 0.15) is 24.8 Å². The number of rotatable bonds is 4. The number of halogens is 1. The zero-order valence-electron chi connectivity index (χ0n) is 12.7. The van der Waals surface area contributed by atoms with E-state index in [-0.39, 0.29) is 18.0 Å². The van der Waals surface area contributed by atoms with Gasteiger partial charge in [-0.15, -0.1) is 0 Å². The summed E-state index contributed by atoms with van der Waals surface area (Å²) in [7, 11) is 1.38. The maximum Gasteiger partial charge on any atom is 0.409 e. The highest BCUT2D eigenvalue weighted by Crippen LogP contribution is 2.14. The first-order chi connectivity index (χ1) is 10.6. The molecule has 1 aliphatic rings. The number of likely N-dealkylation sites (tertiary alicyclic amines) is 1. The Kier molecular flexibility index (Phi) is 6.07. The first-order valence-electron chi connectivity index (χ1n) is 7.45. The first kappa shape index (κ1) is 16.6. The normalized spacial score (nSPS) is 15.5. The Morgan fingerprint density at radius 2 is 2.09 bits per heavy atom. The Labute approximate surface area is 135 Å². The molecule has 5 nitrogen and oxygen atoms in total. The summed E-state index contributed by atoms with van der Waals surface area (Å²) in [6, 6.07) is 7.68. The van der Waals surface area contributed by atoms with E-state index in [1.54, 1.807) is 4.90 Å². The van der Waals surface area contributed by atoms with Gasteiger partial charge in [-0.3, -0.25) is 4.79 Å². The highest BCUT2D eigenvalue weighted by Gasteiger charge is 2.23. The second-order valence-corrected chi connectivity index (χ2v) is 5.87. The van der Waals surface area contributed by atoms with Crippen molar-refractivity contribution in [2.24, 2.45) is 0 Å². The van der Waals surface area contributed by atoms with Gasteiger partial charge in [-0.25, -0.2) is 4.79 Å². The molecule has 0 bridgehead atoms. The summed E-state index contributed by atoms with van der Waals surface area (Å²) in [5.74, 6) is 0.0384. The van der Waals surface area contributed by atoms with Crippen molar-refractivity contribution in [3.05, 3.63) is 34.9 Å². The SMILES string of the molecule is COC(=O)N1CCC(NC(=O)CCc2cccc(Cl)c2)CC1. The van der Waals surface area contributed by atoms with Crippen molar-refractivity contribution in [3.63, 3.8) is 0 Å². The lowest BCUT2D eigenvalue weighted by molar-refractivity contribution is -0.122. The van der Waals surface area contributed by atoms with E-state index in [9.17, 15) is 9.59 Å². The molecule has 2 rings (SSSR count). The molecule has 1 saturated heterocycles. The zero-order valence-corrected chi connectivity index (χ0v) is 13.4. The molecule has 0 unspecified atom stereocenters. The molecule has 1 fully saturated rings. The van der Waals surface area contributed by atoms with Crippen LogP contribution < -0.4 is 5.32 Å². The van der Waals surface area contributed by atoms with Gasteiger partial charge in [0.1, 0.15) is 0 Å². The van der Waals surface area contributed by atoms with E-state index in [4.69, 9.17) is 16.3 Å². The minimum Gasteiger partial charge on any atom is -0.453 e. The van der Waals surface area contributed by atoms with Crippen LogP contribution in [0.3, 0.4) is 0 Å². The molecule has 0 aromatic heterocycles. The monoisotopic (exact) mass is 324 g/mol. The van der Waals surface area contributed by atoms with Crippen molar-refractivity contribution >= 4 is 23.6 Å². The third-order valence-electron chi connectivity index (χ3n) is 3.82. The summed E-state index contributed by atoms with van der Waals surface area (Å²) in [5.41, 5.74) is 1.06. The molecule has 1 N–H and O–H groups in total. The smallest absolute Gasteiger partial charge is 0.409 e. The fourth-order valence-corrected chi connectivity index (χ4v) is 2.80. The fourth-order valence-electron chi connectivity index (χ4n) is 2.59. The average molecular weight is 325 g/mol. The number of aryl methyl sites for hydroxylation is 1. The predicted molar refractivity (Wildman–Crippen MR) is 84.9 cm³/mol. The van der Waals surface area contributed by atoms with Gasteiger partial charge in [0, 0.05) is 30.6 Å². The third kappa shape index (κ3) is 4.91. The number of benzene rings is 1. The molecule has 1 heterocycles. The van der Waals surface area contributed by atoms with Gasteiger partial charge in [-0.05, 0) is 37.0 Å². The molecular formula is C16H21ClN2O3. The Bertz CT molecular complexity index is 528. The number of piperidine rings is 1. The van der Waals surface area contributed by atoms with Crippen LogP contribution in [-0.4, -0.2) is 43.1 Å². The number of hydrogen-bond acceptors (Lipinski definition) is 3. The summed E-state index contributed by atoms with van der Waals surface area (Å²) in [4.78, 5) is 25.0. The van der Waals surface area contributed by atoms with Crippen LogP contribution in [-0.2, 0) is 16.0 Å². The molecule has 2 amide bonds. The van der Waals surface area contributed by atoms with E-state index in [1.807, 2.05) is 24.3 Å². The topological polar surface area (TPSA) is 58.6 Å². The van der Waals surface area contributed by atoms with Gasteiger partial charge in [-0.2, -0.15) is 0 Å². The van der Waals surface area contributed by atoms with Crippen LogP contribution >= 0.6 is 11.6 Å². The molecular weight excluding hydrogens is 304 g/mol. The van der Waals surface area contributed by atoms with Crippen LogP contribution in [0.5, 0.6) is 0 Å². The van der Waals surface area contributed by atoms with Gasteiger partial charge in [0.15, 0.2) is 0 Å². The molecule has 0 aliphatic carbocycles. The van der Waals surface area contributed by atoms with E-state index >= 15 is 0 Å². The number of ether oxygens (including phenoxy) is 1. The molecule has 120 valence electrons. The summed E-state index contributed by atoms with van der Waals surface area (Å²) in [6.07, 6.45) is 2.34. The second-order valence-electron chi connectivity index (χ2n) is 5.43. The lowest BCUT2D eigenvalue weighted by Crippen LogP contribution is -2.46. The Hall–Kier alpha value is -1.75. The molecule has 0 spiro atoms. The maximum absolute atomic E-state index is 12.0. The summed E-state index contributed by atoms with van der Waals surface area (Å²) < 4.78 is 4.69. The number of nitrogens with zero attached hydrogens (tertiary/aromatic N) is 1. The van der Waals surface area contributed by atoms with Gasteiger partial charge in [-0.1, -0.05) is 23.7 Å². The van der Waals surface area contributed by atoms with Crippen molar-refractivity contribution in [2.75, 3.05) is 20.2 Å². The maximum atomic E-state index is 12.0. The van der Waals surface area contributed by atoms with Crippen molar-refractivity contribution in [1.29, 1.82) is 0 Å². The molecule has 0 atom stereocenters. The summed E-state index contributed by atoms with van der Waals surface area (Å²) in [6.45, 7) is 1.23. The predicted octanol–water partition coefficient (Wildman–Crippen LogP) is 2.62. The molecule has 6 heteroatoms. The molecule has 22 heavy (non-hydrogen) atoms. The quantitative estimate of drug-likeness (QED) is 0.926. The van der Waals surface area contributed by atoms with Gasteiger partial charge in [0.2, 0.25) is 5.91 Å². The van der Waals surface area contributed by atoms with Crippen molar-refractivity contribution in [2.45, 2.75) is 31.7 Å². The van der Waals surface area contributed by atoms with Gasteiger partial charge >= 0.3 is 6.09 Å². The standard InChI is InChI=1S/C16H21ClN2O3/c1-22-16(21)19-9-7-14(8-10-19)18-15(20)6-5-12-3-2-4-13(17)11-12/h2-4,11,14H,5-10H2,1H3,(H,18,20). The van der Waals surface area contributed by atoms with Crippen molar-refractivity contribution in [1.82, 2.24) is 10.2 Å². The molecule has 1 aromatic rings. The van der Waals surface area contributed by atoms with Crippen LogP contribution in [0, 0.1) is 0 Å². The molecule has 1 aliphatic heterocycles. The number of carbonyl (C=O) groups is 2. The van der Waals surface area contributed by atoms with Crippen molar-refractivity contribution < 1.29 is 14.3 Å². The minimum absolute atomic E-state index is 0.0384. The Balaban J connectivity index is 1.71. The molecule has 0 radical (unpaired) electrons. The van der Waals surface area contributed by atoms with Crippen LogP contribution in [0.4, 0.5) is 4.79 Å². The van der Waals surface area contributed by atoms with E-state index in [2.05, 4.69) is 5.32 Å². The number of methoxy groups -OCH3 is 1. The Morgan fingerprint density at radius 1 is 1.36 bits per heavy atom. The largest absolute Gasteiger partial charge is 0.453 e. The van der Waals surface area contributed by atoms with E-state index in [1.165, 1.54) is 7.11 Å². The van der Waals surface area contributed by atoms with E-state index in [0.717, 1.165) is 18.4 Å². The van der Waals surface area contributed by atoms with Crippen LogP contribution in [0.25, 0.3) is 0 Å². The van der Waals surface area contributed by atoms with Gasteiger partial charge in [0.25, 0.3) is 0 Å². The average Bonchev–Trinajstić information content (AvgIpc) is 2.53. The molecule has 0 saturated carbocycles. The zero-order chi connectivity index (χ0) is 15.9. The molecule has 1 aromatic carbocycles. The minimum atomic E-state index is -0.300. The second kappa shape index (κ2) is 8.03. The first-order valence-corrected chi connectivity index (χ1v) is 7.83. The number of amides is 2.